The first kappa shape index (κ1) is 23.8. The van der Waals surface area contributed by atoms with Crippen LogP contribution in [0.25, 0.3) is 0 Å². The van der Waals surface area contributed by atoms with E-state index >= 15 is 0 Å². The number of carbonyl (C=O) groups is 2. The van der Waals surface area contributed by atoms with Gasteiger partial charge in [-0.25, -0.2) is 4.79 Å². The van der Waals surface area contributed by atoms with Gasteiger partial charge in [0.15, 0.2) is 0 Å². The SMILES string of the molecule is CC[C@@H](C)[C@H]1C=C[C@H]2[C@H](O)[C@H](OC(=O)C=C(C)C)C[C@@H](C)[C@@H]2[C@@]1(C)C(=O)CCO. The lowest BCUT2D eigenvalue weighted by Gasteiger charge is -2.55. The normalized spacial score (nSPS) is 37.4. The first-order valence-electron chi connectivity index (χ1n) is 10.9. The number of allylic oxidation sites excluding steroid dienone is 2. The summed E-state index contributed by atoms with van der Waals surface area (Å²) in [6.07, 6.45) is 5.73. The summed E-state index contributed by atoms with van der Waals surface area (Å²) in [5.41, 5.74) is 0.190. The van der Waals surface area contributed by atoms with E-state index < -0.39 is 23.6 Å². The van der Waals surface area contributed by atoms with Crippen molar-refractivity contribution in [3.8, 4) is 0 Å². The molecule has 2 aliphatic carbocycles. The number of ether oxygens (including phenoxy) is 1. The smallest absolute Gasteiger partial charge is 0.331 e. The monoisotopic (exact) mass is 406 g/mol. The second-order valence-electron chi connectivity index (χ2n) is 9.48. The minimum Gasteiger partial charge on any atom is -0.456 e. The average molecular weight is 407 g/mol. The summed E-state index contributed by atoms with van der Waals surface area (Å²) in [4.78, 5) is 25.4. The van der Waals surface area contributed by atoms with E-state index in [1.54, 1.807) is 0 Å². The first-order chi connectivity index (χ1) is 13.6. The van der Waals surface area contributed by atoms with Crippen LogP contribution in [0, 0.1) is 35.0 Å². The lowest BCUT2D eigenvalue weighted by Crippen LogP contribution is -2.58. The molecule has 8 atom stereocenters. The summed E-state index contributed by atoms with van der Waals surface area (Å²) in [5.74, 6) is -0.211. The standard InChI is InChI=1S/C24H38O5/c1-7-15(4)18-9-8-17-22(24(18,6)20(26)10-11-25)16(5)13-19(23(17)28)29-21(27)12-14(2)3/h8-9,12,15-19,22-23,25,28H,7,10-11,13H2,1-6H3/t15-,16-,17-,18-,19-,22+,23+,24-/m1/s1. The molecular weight excluding hydrogens is 368 g/mol. The molecule has 2 N–H and O–H groups in total. The van der Waals surface area contributed by atoms with Gasteiger partial charge in [-0.2, -0.15) is 0 Å². The van der Waals surface area contributed by atoms with E-state index in [-0.39, 0.29) is 42.5 Å². The van der Waals surface area contributed by atoms with Crippen molar-refractivity contribution >= 4 is 11.8 Å². The molecule has 0 aromatic carbocycles. The first-order valence-corrected chi connectivity index (χ1v) is 10.9. The highest BCUT2D eigenvalue weighted by molar-refractivity contribution is 5.86. The van der Waals surface area contributed by atoms with Crippen molar-refractivity contribution < 1.29 is 24.5 Å². The largest absolute Gasteiger partial charge is 0.456 e. The van der Waals surface area contributed by atoms with E-state index in [1.807, 2.05) is 26.8 Å². The van der Waals surface area contributed by atoms with Crippen LogP contribution in [0.5, 0.6) is 0 Å². The third kappa shape index (κ3) is 4.66. The van der Waals surface area contributed by atoms with E-state index in [4.69, 9.17) is 4.74 Å². The predicted octanol–water partition coefficient (Wildman–Crippen LogP) is 3.69. The molecule has 0 aliphatic heterocycles. The Morgan fingerprint density at radius 1 is 1.31 bits per heavy atom. The van der Waals surface area contributed by atoms with Gasteiger partial charge in [0.05, 0.1) is 6.10 Å². The molecule has 0 spiro atoms. The third-order valence-corrected chi connectivity index (χ3v) is 7.20. The third-order valence-electron chi connectivity index (χ3n) is 7.20. The van der Waals surface area contributed by atoms with Crippen LogP contribution >= 0.6 is 0 Å². The molecule has 0 unspecified atom stereocenters. The number of fused-ring (bicyclic) bond motifs is 1. The van der Waals surface area contributed by atoms with Crippen LogP contribution in [-0.2, 0) is 14.3 Å². The molecule has 0 aromatic heterocycles. The van der Waals surface area contributed by atoms with Crippen LogP contribution in [-0.4, -0.2) is 40.8 Å². The number of rotatable bonds is 7. The van der Waals surface area contributed by atoms with Crippen LogP contribution in [0.1, 0.15) is 60.8 Å². The summed E-state index contributed by atoms with van der Waals surface area (Å²) < 4.78 is 5.58. The molecule has 5 heteroatoms. The van der Waals surface area contributed by atoms with Gasteiger partial charge >= 0.3 is 5.97 Å². The second kappa shape index (κ2) is 9.57. The Morgan fingerprint density at radius 2 is 1.97 bits per heavy atom. The van der Waals surface area contributed by atoms with E-state index in [2.05, 4.69) is 26.8 Å². The van der Waals surface area contributed by atoms with Gasteiger partial charge in [-0.3, -0.25) is 4.79 Å². The van der Waals surface area contributed by atoms with Crippen LogP contribution in [0.3, 0.4) is 0 Å². The van der Waals surface area contributed by atoms with Gasteiger partial charge < -0.3 is 14.9 Å². The molecule has 0 heterocycles. The van der Waals surface area contributed by atoms with Gasteiger partial charge in [-0.05, 0) is 43.9 Å². The number of Topliss-reactive ketones (excluding diaryl/α,β-unsaturated/α-hetero) is 1. The van der Waals surface area contributed by atoms with Gasteiger partial charge in [-0.15, -0.1) is 0 Å². The molecule has 1 fully saturated rings. The number of aliphatic hydroxyl groups is 2. The molecule has 0 saturated heterocycles. The minimum absolute atomic E-state index is 0.0565. The Bertz CT molecular complexity index is 662. The van der Waals surface area contributed by atoms with Crippen molar-refractivity contribution in [1.29, 1.82) is 0 Å². The fourth-order valence-corrected chi connectivity index (χ4v) is 5.70. The van der Waals surface area contributed by atoms with Crippen LogP contribution < -0.4 is 0 Å². The topological polar surface area (TPSA) is 83.8 Å². The fourth-order valence-electron chi connectivity index (χ4n) is 5.70. The highest BCUT2D eigenvalue weighted by Gasteiger charge is 2.57. The van der Waals surface area contributed by atoms with Crippen molar-refractivity contribution in [3.05, 3.63) is 23.8 Å². The van der Waals surface area contributed by atoms with Crippen LogP contribution in [0.2, 0.25) is 0 Å². The van der Waals surface area contributed by atoms with E-state index in [9.17, 15) is 19.8 Å². The second-order valence-corrected chi connectivity index (χ2v) is 9.48. The van der Waals surface area contributed by atoms with Gasteiger partial charge in [0.25, 0.3) is 0 Å². The minimum atomic E-state index is -0.846. The molecule has 0 bridgehead atoms. The zero-order chi connectivity index (χ0) is 21.9. The van der Waals surface area contributed by atoms with Crippen molar-refractivity contribution in [1.82, 2.24) is 0 Å². The fraction of sp³-hybridized carbons (Fsp3) is 0.750. The summed E-state index contributed by atoms with van der Waals surface area (Å²) in [6, 6.07) is 0. The Kier molecular flexibility index (Phi) is 7.86. The van der Waals surface area contributed by atoms with E-state index in [0.717, 1.165) is 12.0 Å². The Balaban J connectivity index is 2.40. The number of hydrogen-bond donors (Lipinski definition) is 2. The molecule has 2 rings (SSSR count). The van der Waals surface area contributed by atoms with Crippen molar-refractivity contribution in [2.24, 2.45) is 35.0 Å². The molecule has 0 radical (unpaired) electrons. The number of esters is 1. The summed E-state index contributed by atoms with van der Waals surface area (Å²) in [6.45, 7) is 11.9. The molecular formula is C24H38O5. The zero-order valence-corrected chi connectivity index (χ0v) is 18.7. The summed E-state index contributed by atoms with van der Waals surface area (Å²) >= 11 is 0. The predicted molar refractivity (Wildman–Crippen MR) is 113 cm³/mol. The number of ketones is 1. The average Bonchev–Trinajstić information content (AvgIpc) is 2.64. The molecule has 1 saturated carbocycles. The van der Waals surface area contributed by atoms with Crippen LogP contribution in [0.15, 0.2) is 23.8 Å². The summed E-state index contributed by atoms with van der Waals surface area (Å²) in [5, 5.41) is 20.5. The molecule has 0 aromatic rings. The Hall–Kier alpha value is -1.46. The summed E-state index contributed by atoms with van der Waals surface area (Å²) in [7, 11) is 0. The zero-order valence-electron chi connectivity index (χ0n) is 18.7. The van der Waals surface area contributed by atoms with Gasteiger partial charge in [0, 0.05) is 30.4 Å². The van der Waals surface area contributed by atoms with Crippen molar-refractivity contribution in [3.63, 3.8) is 0 Å². The van der Waals surface area contributed by atoms with E-state index in [0.29, 0.717) is 12.3 Å². The Labute approximate surface area is 175 Å². The molecule has 2 aliphatic rings. The maximum absolute atomic E-state index is 13.3. The maximum atomic E-state index is 13.3. The molecule has 0 amide bonds. The quantitative estimate of drug-likeness (QED) is 0.383. The highest BCUT2D eigenvalue weighted by Crippen LogP contribution is 2.56. The van der Waals surface area contributed by atoms with E-state index in [1.165, 1.54) is 6.08 Å². The lowest BCUT2D eigenvalue weighted by atomic mass is 9.49. The number of hydrogen-bond acceptors (Lipinski definition) is 5. The van der Waals surface area contributed by atoms with Gasteiger partial charge in [-0.1, -0.05) is 51.8 Å². The molecule has 164 valence electrons. The number of carbonyl (C=O) groups excluding carboxylic acids is 2. The Morgan fingerprint density at radius 3 is 2.52 bits per heavy atom. The number of aliphatic hydroxyl groups excluding tert-OH is 2. The lowest BCUT2D eigenvalue weighted by molar-refractivity contribution is -0.171. The van der Waals surface area contributed by atoms with Crippen LogP contribution in [0.4, 0.5) is 0 Å². The van der Waals surface area contributed by atoms with Gasteiger partial charge in [0.1, 0.15) is 11.9 Å². The van der Waals surface area contributed by atoms with Crippen molar-refractivity contribution in [2.45, 2.75) is 73.0 Å². The highest BCUT2D eigenvalue weighted by atomic mass is 16.6. The van der Waals surface area contributed by atoms with Gasteiger partial charge in [0.2, 0.25) is 0 Å². The molecule has 5 nitrogen and oxygen atoms in total. The van der Waals surface area contributed by atoms with Crippen molar-refractivity contribution in [2.75, 3.05) is 6.61 Å². The molecule has 29 heavy (non-hydrogen) atoms. The maximum Gasteiger partial charge on any atom is 0.331 e.